The molecule has 2 N–H and O–H groups in total. The molecule has 18 heavy (non-hydrogen) atoms. The summed E-state index contributed by atoms with van der Waals surface area (Å²) in [5.74, 6) is 0.766. The van der Waals surface area contributed by atoms with E-state index in [0.29, 0.717) is 17.2 Å². The van der Waals surface area contributed by atoms with Crippen molar-refractivity contribution in [1.29, 1.82) is 0 Å². The topological polar surface area (TPSA) is 58.6 Å². The molecule has 1 rings (SSSR count). The zero-order valence-electron chi connectivity index (χ0n) is 11.1. The third kappa shape index (κ3) is 3.99. The molecule has 1 aromatic rings. The van der Waals surface area contributed by atoms with Crippen molar-refractivity contribution < 1.29 is 14.6 Å². The summed E-state index contributed by atoms with van der Waals surface area (Å²) in [5.41, 5.74) is 0. The van der Waals surface area contributed by atoms with E-state index >= 15 is 0 Å². The molecule has 1 atom stereocenters. The number of amides is 1. The van der Waals surface area contributed by atoms with Crippen LogP contribution in [0, 0.1) is 5.92 Å². The van der Waals surface area contributed by atoms with E-state index in [0.717, 1.165) is 12.8 Å². The summed E-state index contributed by atoms with van der Waals surface area (Å²) >= 11 is 1.34. The van der Waals surface area contributed by atoms with Crippen molar-refractivity contribution in [2.45, 2.75) is 32.8 Å². The predicted octanol–water partition coefficient (Wildman–Crippen LogP) is 2.28. The maximum atomic E-state index is 11.8. The summed E-state index contributed by atoms with van der Waals surface area (Å²) in [5, 5.41) is 14.5. The number of ether oxygens (including phenoxy) is 1. The summed E-state index contributed by atoms with van der Waals surface area (Å²) in [4.78, 5) is 12.4. The van der Waals surface area contributed by atoms with Gasteiger partial charge in [-0.05, 0) is 5.92 Å². The number of thiophene rings is 1. The molecule has 0 aliphatic rings. The molecule has 0 fully saturated rings. The van der Waals surface area contributed by atoms with Gasteiger partial charge in [-0.2, -0.15) is 0 Å². The minimum atomic E-state index is -0.481. The Balaban J connectivity index is 2.45. The van der Waals surface area contributed by atoms with Crippen LogP contribution in [0.25, 0.3) is 0 Å². The Hall–Kier alpha value is -1.07. The van der Waals surface area contributed by atoms with Crippen molar-refractivity contribution in [2.75, 3.05) is 13.7 Å². The molecule has 0 spiro atoms. The summed E-state index contributed by atoms with van der Waals surface area (Å²) in [6, 6.07) is 1.70. The molecule has 0 saturated heterocycles. The molecule has 1 amide bonds. The van der Waals surface area contributed by atoms with Crippen LogP contribution >= 0.6 is 11.3 Å². The van der Waals surface area contributed by atoms with Gasteiger partial charge >= 0.3 is 0 Å². The van der Waals surface area contributed by atoms with Gasteiger partial charge in [0.25, 0.3) is 5.91 Å². The van der Waals surface area contributed by atoms with Gasteiger partial charge in [-0.3, -0.25) is 4.79 Å². The lowest BCUT2D eigenvalue weighted by Gasteiger charge is -2.20. The first-order chi connectivity index (χ1) is 8.62. The van der Waals surface area contributed by atoms with Gasteiger partial charge in [0.2, 0.25) is 0 Å². The fourth-order valence-corrected chi connectivity index (χ4v) is 2.60. The Labute approximate surface area is 112 Å². The first-order valence-electron chi connectivity index (χ1n) is 6.21. The highest BCUT2D eigenvalue weighted by molar-refractivity contribution is 7.12. The molecule has 1 unspecified atom stereocenters. The van der Waals surface area contributed by atoms with Crippen LogP contribution in [-0.2, 0) is 0 Å². The van der Waals surface area contributed by atoms with Gasteiger partial charge in [-0.25, -0.2) is 0 Å². The van der Waals surface area contributed by atoms with Crippen molar-refractivity contribution in [1.82, 2.24) is 5.32 Å². The second kappa shape index (κ2) is 7.38. The lowest BCUT2D eigenvalue weighted by molar-refractivity contribution is 0.0819. The van der Waals surface area contributed by atoms with E-state index in [1.807, 2.05) is 13.8 Å². The normalized spacial score (nSPS) is 12.5. The number of carbonyl (C=O) groups is 1. The Kier molecular flexibility index (Phi) is 6.15. The van der Waals surface area contributed by atoms with Crippen LogP contribution in [0.1, 0.15) is 36.4 Å². The fourth-order valence-electron chi connectivity index (χ4n) is 1.83. The second-order valence-corrected chi connectivity index (χ2v) is 5.12. The van der Waals surface area contributed by atoms with Crippen LogP contribution in [0.3, 0.4) is 0 Å². The molecule has 0 saturated carbocycles. The summed E-state index contributed by atoms with van der Waals surface area (Å²) in [6.07, 6.45) is 1.35. The van der Waals surface area contributed by atoms with E-state index in [1.54, 1.807) is 18.6 Å². The van der Waals surface area contributed by atoms with Crippen LogP contribution in [0.4, 0.5) is 0 Å². The third-order valence-corrected chi connectivity index (χ3v) is 4.01. The quantitative estimate of drug-likeness (QED) is 0.800. The summed E-state index contributed by atoms with van der Waals surface area (Å²) < 4.78 is 5.02. The van der Waals surface area contributed by atoms with E-state index in [2.05, 4.69) is 5.32 Å². The fraction of sp³-hybridized carbons (Fsp3) is 0.615. The first-order valence-corrected chi connectivity index (χ1v) is 7.09. The number of methoxy groups -OCH3 is 1. The highest BCUT2D eigenvalue weighted by atomic mass is 32.1. The number of carbonyl (C=O) groups excluding carboxylic acids is 1. The van der Waals surface area contributed by atoms with Crippen molar-refractivity contribution in [2.24, 2.45) is 5.92 Å². The number of nitrogens with one attached hydrogen (secondary N) is 1. The molecule has 5 heteroatoms. The molecule has 102 valence electrons. The van der Waals surface area contributed by atoms with Crippen LogP contribution in [0.15, 0.2) is 11.4 Å². The monoisotopic (exact) mass is 271 g/mol. The minimum Gasteiger partial charge on any atom is -0.496 e. The molecule has 0 aliphatic carbocycles. The number of aliphatic hydroxyl groups is 1. The number of hydrogen-bond donors (Lipinski definition) is 2. The summed E-state index contributed by atoms with van der Waals surface area (Å²) in [7, 11) is 1.57. The molecule has 1 aromatic heterocycles. The zero-order valence-corrected chi connectivity index (χ0v) is 11.9. The van der Waals surface area contributed by atoms with Crippen LogP contribution in [0.5, 0.6) is 5.75 Å². The van der Waals surface area contributed by atoms with Gasteiger partial charge < -0.3 is 15.2 Å². The number of rotatable bonds is 7. The number of aliphatic hydroxyl groups excluding tert-OH is 1. The average molecular weight is 271 g/mol. The molecular weight excluding hydrogens is 250 g/mol. The van der Waals surface area contributed by atoms with E-state index in [9.17, 15) is 9.90 Å². The molecule has 0 radical (unpaired) electrons. The second-order valence-electron chi connectivity index (χ2n) is 4.20. The van der Waals surface area contributed by atoms with Gasteiger partial charge in [0.05, 0.1) is 18.1 Å². The molecule has 0 aromatic carbocycles. The highest BCUT2D eigenvalue weighted by Crippen LogP contribution is 2.21. The maximum absolute atomic E-state index is 11.8. The van der Waals surface area contributed by atoms with Gasteiger partial charge in [0.1, 0.15) is 5.75 Å². The van der Waals surface area contributed by atoms with E-state index in [1.165, 1.54) is 11.3 Å². The zero-order chi connectivity index (χ0) is 13.5. The first kappa shape index (κ1) is 15.0. The number of hydrogen-bond acceptors (Lipinski definition) is 4. The Morgan fingerprint density at radius 1 is 1.50 bits per heavy atom. The van der Waals surface area contributed by atoms with E-state index < -0.39 is 6.10 Å². The Morgan fingerprint density at radius 2 is 2.17 bits per heavy atom. The van der Waals surface area contributed by atoms with E-state index in [4.69, 9.17) is 4.74 Å². The smallest absolute Gasteiger partial charge is 0.261 e. The highest BCUT2D eigenvalue weighted by Gasteiger charge is 2.17. The molecule has 0 aliphatic heterocycles. The van der Waals surface area contributed by atoms with Gasteiger partial charge in [0, 0.05) is 18.0 Å². The summed E-state index contributed by atoms with van der Waals surface area (Å²) in [6.45, 7) is 4.39. The molecular formula is C13H21NO3S. The SMILES string of the molecule is CCC(CC)C(O)CNC(=O)c1cc(OC)cs1. The minimum absolute atomic E-state index is 0.159. The van der Waals surface area contributed by atoms with Gasteiger partial charge in [0.15, 0.2) is 0 Å². The van der Waals surface area contributed by atoms with E-state index in [-0.39, 0.29) is 11.8 Å². The van der Waals surface area contributed by atoms with Crippen LogP contribution in [0.2, 0.25) is 0 Å². The van der Waals surface area contributed by atoms with Crippen molar-refractivity contribution in [3.8, 4) is 5.75 Å². The molecule has 0 bridgehead atoms. The van der Waals surface area contributed by atoms with Crippen molar-refractivity contribution >= 4 is 17.2 Å². The van der Waals surface area contributed by atoms with Crippen molar-refractivity contribution in [3.05, 3.63) is 16.3 Å². The average Bonchev–Trinajstić information content (AvgIpc) is 2.86. The van der Waals surface area contributed by atoms with Crippen molar-refractivity contribution in [3.63, 3.8) is 0 Å². The lowest BCUT2D eigenvalue weighted by atomic mass is 9.96. The Bertz CT molecular complexity index is 374. The van der Waals surface area contributed by atoms with Gasteiger partial charge in [-0.15, -0.1) is 11.3 Å². The predicted molar refractivity (Wildman–Crippen MR) is 73.3 cm³/mol. The molecule has 1 heterocycles. The largest absolute Gasteiger partial charge is 0.496 e. The van der Waals surface area contributed by atoms with Gasteiger partial charge in [-0.1, -0.05) is 26.7 Å². The standard InChI is InChI=1S/C13H21NO3S/c1-4-9(5-2)11(15)7-14-13(16)12-6-10(17-3)8-18-12/h6,8-9,11,15H,4-5,7H2,1-3H3,(H,14,16). The third-order valence-electron chi connectivity index (χ3n) is 3.10. The maximum Gasteiger partial charge on any atom is 0.261 e. The molecule has 4 nitrogen and oxygen atoms in total. The Morgan fingerprint density at radius 3 is 2.67 bits per heavy atom. The lowest BCUT2D eigenvalue weighted by Crippen LogP contribution is -2.35. The van der Waals surface area contributed by atoms with Crippen LogP contribution in [-0.4, -0.2) is 30.8 Å². The van der Waals surface area contributed by atoms with Crippen LogP contribution < -0.4 is 10.1 Å².